The highest BCUT2D eigenvalue weighted by atomic mass is 16.2. The topological polar surface area (TPSA) is 74.5 Å². The normalized spacial score (nSPS) is 17.1. The van der Waals surface area contributed by atoms with Crippen molar-refractivity contribution in [3.63, 3.8) is 0 Å². The van der Waals surface area contributed by atoms with Crippen molar-refractivity contribution in [3.8, 4) is 0 Å². The molecule has 0 saturated heterocycles. The number of nitrogens with zero attached hydrogens (tertiary/aromatic N) is 4. The Bertz CT molecular complexity index is 705. The summed E-state index contributed by atoms with van der Waals surface area (Å²) in [6, 6.07) is 4.91. The number of hydrazone groups is 1. The molecule has 6 nitrogen and oxygen atoms in total. The van der Waals surface area contributed by atoms with Gasteiger partial charge in [0.2, 0.25) is 5.91 Å². The van der Waals surface area contributed by atoms with E-state index in [4.69, 9.17) is 0 Å². The molecule has 0 aliphatic carbocycles. The average Bonchev–Trinajstić information content (AvgIpc) is 2.91. The Labute approximate surface area is 102 Å². The zero-order chi connectivity index (χ0) is 12.7. The molecule has 18 heavy (non-hydrogen) atoms. The number of rotatable bonds is 1. The molecular formula is C12H10N4O2. The van der Waals surface area contributed by atoms with Crippen molar-refractivity contribution >= 4 is 17.6 Å². The van der Waals surface area contributed by atoms with Gasteiger partial charge in [0.15, 0.2) is 0 Å². The molecule has 3 rings (SSSR count). The van der Waals surface area contributed by atoms with E-state index >= 15 is 0 Å². The van der Waals surface area contributed by atoms with Crippen molar-refractivity contribution in [2.45, 2.75) is 13.3 Å². The van der Waals surface area contributed by atoms with Gasteiger partial charge in [0.05, 0.1) is 23.0 Å². The summed E-state index contributed by atoms with van der Waals surface area (Å²) in [5.41, 5.74) is 1.72. The molecule has 0 atom stereocenters. The van der Waals surface area contributed by atoms with Gasteiger partial charge in [-0.3, -0.25) is 4.79 Å². The second-order valence-corrected chi connectivity index (χ2v) is 4.15. The summed E-state index contributed by atoms with van der Waals surface area (Å²) >= 11 is 0. The number of amides is 3. The van der Waals surface area contributed by atoms with Crippen molar-refractivity contribution in [3.05, 3.63) is 34.5 Å². The van der Waals surface area contributed by atoms with Crippen LogP contribution in [0, 0.1) is 0 Å². The van der Waals surface area contributed by atoms with Gasteiger partial charge in [-0.25, -0.2) is 9.80 Å². The molecule has 2 aliphatic rings. The lowest BCUT2D eigenvalue weighted by molar-refractivity contribution is -0.128. The second kappa shape index (κ2) is 3.83. The smallest absolute Gasteiger partial charge is 0.273 e. The minimum absolute atomic E-state index is 0.0685. The highest BCUT2D eigenvalue weighted by Crippen LogP contribution is 2.12. The van der Waals surface area contributed by atoms with Crippen molar-refractivity contribution in [2.24, 2.45) is 15.1 Å². The maximum absolute atomic E-state index is 11.2. The summed E-state index contributed by atoms with van der Waals surface area (Å²) in [7, 11) is 0. The molecule has 0 bridgehead atoms. The molecule has 0 unspecified atom stereocenters. The Kier molecular flexibility index (Phi) is 2.29. The van der Waals surface area contributed by atoms with Crippen LogP contribution in [-0.4, -0.2) is 29.2 Å². The van der Waals surface area contributed by atoms with Crippen LogP contribution < -0.4 is 10.7 Å². The van der Waals surface area contributed by atoms with Gasteiger partial charge in [-0.1, -0.05) is 6.07 Å². The van der Waals surface area contributed by atoms with E-state index < -0.39 is 6.03 Å². The Balaban J connectivity index is 2.02. The lowest BCUT2D eigenvalue weighted by Crippen LogP contribution is -2.22. The third-order valence-corrected chi connectivity index (χ3v) is 2.91. The van der Waals surface area contributed by atoms with Crippen LogP contribution in [0.4, 0.5) is 4.79 Å². The van der Waals surface area contributed by atoms with Crippen LogP contribution in [0.15, 0.2) is 33.3 Å². The number of hydrogen-bond donors (Lipinski definition) is 0. The number of carbonyl (C=O) groups excluding carboxylic acids is 2. The molecule has 0 N–H and O–H groups in total. The van der Waals surface area contributed by atoms with Crippen molar-refractivity contribution in [2.75, 3.05) is 6.54 Å². The molecule has 0 spiro atoms. The van der Waals surface area contributed by atoms with E-state index in [-0.39, 0.29) is 5.91 Å². The van der Waals surface area contributed by atoms with Crippen LogP contribution in [0.5, 0.6) is 0 Å². The van der Waals surface area contributed by atoms with Crippen LogP contribution in [0.25, 0.3) is 0 Å². The van der Waals surface area contributed by atoms with Gasteiger partial charge < -0.3 is 0 Å². The number of hydrogen-bond acceptors (Lipinski definition) is 3. The molecule has 2 aliphatic heterocycles. The highest BCUT2D eigenvalue weighted by Gasteiger charge is 2.19. The largest absolute Gasteiger partial charge is 0.368 e. The molecule has 0 aromatic heterocycles. The van der Waals surface area contributed by atoms with E-state index in [1.807, 2.05) is 6.07 Å². The molecule has 0 saturated carbocycles. The minimum atomic E-state index is -0.471. The molecule has 0 radical (unpaired) electrons. The first-order chi connectivity index (χ1) is 8.63. The Morgan fingerprint density at radius 2 is 2.06 bits per heavy atom. The van der Waals surface area contributed by atoms with Crippen molar-refractivity contribution in [1.82, 2.24) is 5.01 Å². The van der Waals surface area contributed by atoms with Gasteiger partial charge in [0, 0.05) is 18.9 Å². The van der Waals surface area contributed by atoms with Crippen LogP contribution in [0.2, 0.25) is 0 Å². The van der Waals surface area contributed by atoms with Gasteiger partial charge in [-0.15, -0.1) is 0 Å². The first-order valence-corrected chi connectivity index (χ1v) is 5.61. The number of carbonyl (C=O) groups is 2. The molecule has 1 aromatic rings. The predicted octanol–water partition coefficient (Wildman–Crippen LogP) is 0.0157. The van der Waals surface area contributed by atoms with Crippen LogP contribution in [-0.2, 0) is 4.79 Å². The molecule has 0 fully saturated rings. The monoisotopic (exact) mass is 242 g/mol. The average molecular weight is 242 g/mol. The van der Waals surface area contributed by atoms with Gasteiger partial charge >= 0.3 is 6.03 Å². The van der Waals surface area contributed by atoms with E-state index in [2.05, 4.69) is 15.1 Å². The Morgan fingerprint density at radius 3 is 2.78 bits per heavy atom. The number of benzene rings is 1. The highest BCUT2D eigenvalue weighted by molar-refractivity contribution is 6.02. The molecule has 6 heteroatoms. The summed E-state index contributed by atoms with van der Waals surface area (Å²) < 4.78 is 0. The van der Waals surface area contributed by atoms with E-state index in [0.717, 1.165) is 11.3 Å². The van der Waals surface area contributed by atoms with Gasteiger partial charge in [-0.2, -0.15) is 15.1 Å². The van der Waals surface area contributed by atoms with E-state index in [9.17, 15) is 9.59 Å². The fraction of sp³-hybridized carbons (Fsp3) is 0.250. The van der Waals surface area contributed by atoms with Gasteiger partial charge in [-0.05, 0) is 12.1 Å². The molecule has 2 heterocycles. The predicted molar refractivity (Wildman–Crippen MR) is 62.7 cm³/mol. The Hall–Kier alpha value is -2.37. The summed E-state index contributed by atoms with van der Waals surface area (Å²) in [6.45, 7) is 2.09. The summed E-state index contributed by atoms with van der Waals surface area (Å²) in [5, 5.41) is 6.84. The first-order valence-electron chi connectivity index (χ1n) is 5.61. The molecule has 1 aromatic carbocycles. The fourth-order valence-electron chi connectivity index (χ4n) is 2.01. The summed E-state index contributed by atoms with van der Waals surface area (Å²) in [4.78, 5) is 29.8. The van der Waals surface area contributed by atoms with Crippen LogP contribution >= 0.6 is 0 Å². The van der Waals surface area contributed by atoms with Crippen molar-refractivity contribution < 1.29 is 9.59 Å². The SMILES string of the molecule is CC(=O)N1CCC(c2ccc3c(c2)=NC(=O)N=3)=N1. The van der Waals surface area contributed by atoms with E-state index in [0.29, 0.717) is 23.7 Å². The third-order valence-electron chi connectivity index (χ3n) is 2.91. The lowest BCUT2D eigenvalue weighted by atomic mass is 10.1. The number of fused-ring (bicyclic) bond motifs is 1. The summed E-state index contributed by atoms with van der Waals surface area (Å²) in [5.74, 6) is -0.0685. The third kappa shape index (κ3) is 1.71. The minimum Gasteiger partial charge on any atom is -0.273 e. The molecule has 3 amide bonds. The maximum atomic E-state index is 11.2. The standard InChI is InChI=1S/C12H10N4O2/c1-7(17)16-5-4-9(15-16)8-2-3-10-11(6-8)14-12(18)13-10/h2-3,6H,4-5H2,1H3. The van der Waals surface area contributed by atoms with E-state index in [1.54, 1.807) is 12.1 Å². The first kappa shape index (κ1) is 10.8. The second-order valence-electron chi connectivity index (χ2n) is 4.15. The van der Waals surface area contributed by atoms with Gasteiger partial charge in [0.25, 0.3) is 0 Å². The quantitative estimate of drug-likeness (QED) is 0.696. The number of urea groups is 1. The zero-order valence-electron chi connectivity index (χ0n) is 9.75. The van der Waals surface area contributed by atoms with E-state index in [1.165, 1.54) is 11.9 Å². The Morgan fingerprint density at radius 1 is 1.28 bits per heavy atom. The fourth-order valence-corrected chi connectivity index (χ4v) is 2.01. The molecular weight excluding hydrogens is 232 g/mol. The maximum Gasteiger partial charge on any atom is 0.368 e. The van der Waals surface area contributed by atoms with Crippen molar-refractivity contribution in [1.29, 1.82) is 0 Å². The summed E-state index contributed by atoms with van der Waals surface area (Å²) in [6.07, 6.45) is 0.712. The van der Waals surface area contributed by atoms with Crippen LogP contribution in [0.1, 0.15) is 18.9 Å². The molecule has 90 valence electrons. The van der Waals surface area contributed by atoms with Gasteiger partial charge in [0.1, 0.15) is 0 Å². The zero-order valence-corrected chi connectivity index (χ0v) is 9.75. The lowest BCUT2D eigenvalue weighted by Gasteiger charge is -2.05. The van der Waals surface area contributed by atoms with Crippen LogP contribution in [0.3, 0.4) is 0 Å².